The minimum absolute atomic E-state index is 0.285. The molecule has 1 unspecified atom stereocenters. The van der Waals surface area contributed by atoms with Crippen molar-refractivity contribution < 1.29 is 8.42 Å². The quantitative estimate of drug-likeness (QED) is 0.532. The molecule has 14 heavy (non-hydrogen) atoms. The van der Waals surface area contributed by atoms with E-state index in [1.807, 2.05) is 0 Å². The number of sulfone groups is 1. The van der Waals surface area contributed by atoms with Crippen LogP contribution in [-0.2, 0) is 9.84 Å². The maximum atomic E-state index is 11.2. The van der Waals surface area contributed by atoms with E-state index in [0.29, 0.717) is 10.6 Å². The van der Waals surface area contributed by atoms with Crippen LogP contribution in [-0.4, -0.2) is 24.8 Å². The predicted molar refractivity (Wildman–Crippen MR) is 63.6 cm³/mol. The lowest BCUT2D eigenvalue weighted by Crippen LogP contribution is -2.09. The highest BCUT2D eigenvalue weighted by Gasteiger charge is 2.28. The Hall–Kier alpha value is 0.430. The fraction of sp³-hybridized carbons (Fsp3) is 1.00. The van der Waals surface area contributed by atoms with Crippen LogP contribution < -0.4 is 0 Å². The molecular weight excluding hydrogens is 264 g/mol. The molecule has 0 aromatic heterocycles. The Morgan fingerprint density at radius 3 is 2.50 bits per heavy atom. The van der Waals surface area contributed by atoms with Crippen LogP contribution in [0.25, 0.3) is 0 Å². The average Bonchev–Trinajstić information content (AvgIpc) is 2.95. The van der Waals surface area contributed by atoms with Crippen LogP contribution in [0.15, 0.2) is 0 Å². The fourth-order valence-electron chi connectivity index (χ4n) is 1.50. The maximum Gasteiger partial charge on any atom is 0.150 e. The van der Waals surface area contributed by atoms with E-state index in [9.17, 15) is 8.42 Å². The van der Waals surface area contributed by atoms with Crippen molar-refractivity contribution in [3.63, 3.8) is 0 Å². The van der Waals surface area contributed by atoms with Gasteiger partial charge in [-0.3, -0.25) is 0 Å². The van der Waals surface area contributed by atoms with Crippen molar-refractivity contribution in [3.8, 4) is 0 Å². The molecular formula is C10H19BrO2S. The van der Waals surface area contributed by atoms with Gasteiger partial charge in [0, 0.05) is 10.6 Å². The summed E-state index contributed by atoms with van der Waals surface area (Å²) in [5.74, 6) is 1.53. The van der Waals surface area contributed by atoms with Gasteiger partial charge in [0.2, 0.25) is 0 Å². The molecule has 0 spiro atoms. The first-order chi connectivity index (χ1) is 6.55. The summed E-state index contributed by atoms with van der Waals surface area (Å²) in [6.07, 6.45) is 5.69. The van der Waals surface area contributed by atoms with Crippen LogP contribution in [0.3, 0.4) is 0 Å². The van der Waals surface area contributed by atoms with Gasteiger partial charge in [-0.25, -0.2) is 8.42 Å². The van der Waals surface area contributed by atoms with Crippen molar-refractivity contribution in [1.82, 2.24) is 0 Å². The molecule has 1 rings (SSSR count). The molecule has 1 aliphatic carbocycles. The molecule has 0 aromatic carbocycles. The van der Waals surface area contributed by atoms with Crippen LogP contribution >= 0.6 is 15.9 Å². The van der Waals surface area contributed by atoms with E-state index < -0.39 is 9.84 Å². The summed E-state index contributed by atoms with van der Waals surface area (Å²) in [4.78, 5) is 0.631. The van der Waals surface area contributed by atoms with Gasteiger partial charge < -0.3 is 0 Å². The van der Waals surface area contributed by atoms with Crippen molar-refractivity contribution in [3.05, 3.63) is 0 Å². The van der Waals surface area contributed by atoms with E-state index in [0.717, 1.165) is 25.2 Å². The zero-order chi connectivity index (χ0) is 10.6. The second-order valence-corrected chi connectivity index (χ2v) is 7.73. The Morgan fingerprint density at radius 1 is 1.36 bits per heavy atom. The van der Waals surface area contributed by atoms with E-state index in [1.54, 1.807) is 6.92 Å². The highest BCUT2D eigenvalue weighted by atomic mass is 79.9. The van der Waals surface area contributed by atoms with E-state index in [4.69, 9.17) is 0 Å². The first-order valence-corrected chi connectivity index (χ1v) is 8.13. The third-order valence-electron chi connectivity index (χ3n) is 2.76. The van der Waals surface area contributed by atoms with Gasteiger partial charge in [-0.15, -0.1) is 0 Å². The number of hydrogen-bond donors (Lipinski definition) is 0. The van der Waals surface area contributed by atoms with E-state index in [2.05, 4.69) is 15.9 Å². The van der Waals surface area contributed by atoms with Crippen LogP contribution in [0.4, 0.5) is 0 Å². The van der Waals surface area contributed by atoms with Crippen LogP contribution in [0.1, 0.15) is 39.0 Å². The fourth-order valence-corrected chi connectivity index (χ4v) is 3.28. The molecule has 4 heteroatoms. The third-order valence-corrected chi connectivity index (χ3v) is 5.75. The van der Waals surface area contributed by atoms with Crippen LogP contribution in [0.2, 0.25) is 0 Å². The molecule has 0 bridgehead atoms. The summed E-state index contributed by atoms with van der Waals surface area (Å²) < 4.78 is 22.4. The topological polar surface area (TPSA) is 34.1 Å². The van der Waals surface area contributed by atoms with Gasteiger partial charge in [-0.05, 0) is 31.6 Å². The van der Waals surface area contributed by atoms with Gasteiger partial charge in [0.05, 0.1) is 5.75 Å². The molecule has 1 fully saturated rings. The first-order valence-electron chi connectivity index (χ1n) is 5.39. The molecule has 84 valence electrons. The lowest BCUT2D eigenvalue weighted by molar-refractivity contribution is 0.587. The normalized spacial score (nSPS) is 19.6. The summed E-state index contributed by atoms with van der Waals surface area (Å²) in [7, 11) is -2.74. The van der Waals surface area contributed by atoms with Gasteiger partial charge in [0.15, 0.2) is 0 Å². The number of halogens is 1. The summed E-state index contributed by atoms with van der Waals surface area (Å²) in [6.45, 7) is 1.72. The number of alkyl halides is 1. The van der Waals surface area contributed by atoms with Crippen molar-refractivity contribution in [1.29, 1.82) is 0 Å². The summed E-state index contributed by atoms with van der Waals surface area (Å²) in [5, 5.41) is 0. The van der Waals surface area contributed by atoms with Crippen molar-refractivity contribution in [2.24, 2.45) is 5.92 Å². The molecule has 0 saturated heterocycles. The van der Waals surface area contributed by atoms with Crippen molar-refractivity contribution in [2.45, 2.75) is 43.9 Å². The largest absolute Gasteiger partial charge is 0.229 e. The van der Waals surface area contributed by atoms with E-state index in [1.165, 1.54) is 12.8 Å². The number of rotatable bonds is 7. The second kappa shape index (κ2) is 5.50. The zero-order valence-electron chi connectivity index (χ0n) is 8.71. The SMILES string of the molecule is CCS(=O)(=O)CCCCC(Br)C1CC1. The lowest BCUT2D eigenvalue weighted by Gasteiger charge is -2.07. The molecule has 2 nitrogen and oxygen atoms in total. The number of unbranched alkanes of at least 4 members (excludes halogenated alkanes) is 1. The predicted octanol–water partition coefficient (Wildman–Crippen LogP) is 2.76. The molecule has 0 aliphatic heterocycles. The third kappa shape index (κ3) is 4.78. The Morgan fingerprint density at radius 2 is 2.00 bits per heavy atom. The van der Waals surface area contributed by atoms with Gasteiger partial charge in [-0.1, -0.05) is 29.3 Å². The molecule has 0 aromatic rings. The smallest absolute Gasteiger partial charge is 0.150 e. The van der Waals surface area contributed by atoms with E-state index >= 15 is 0 Å². The number of hydrogen-bond acceptors (Lipinski definition) is 2. The molecule has 1 atom stereocenters. The Bertz CT molecular complexity index is 257. The average molecular weight is 283 g/mol. The summed E-state index contributed by atoms with van der Waals surface area (Å²) in [6, 6.07) is 0. The monoisotopic (exact) mass is 282 g/mol. The minimum atomic E-state index is -2.74. The Kier molecular flexibility index (Phi) is 4.91. The van der Waals surface area contributed by atoms with E-state index in [-0.39, 0.29) is 5.75 Å². The highest BCUT2D eigenvalue weighted by molar-refractivity contribution is 9.09. The molecule has 0 N–H and O–H groups in total. The lowest BCUT2D eigenvalue weighted by atomic mass is 10.1. The van der Waals surface area contributed by atoms with Crippen molar-refractivity contribution >= 4 is 25.8 Å². The molecule has 0 radical (unpaired) electrons. The maximum absolute atomic E-state index is 11.2. The van der Waals surface area contributed by atoms with Crippen molar-refractivity contribution in [2.75, 3.05) is 11.5 Å². The molecule has 0 amide bonds. The van der Waals surface area contributed by atoms with Gasteiger partial charge in [0.25, 0.3) is 0 Å². The Labute approximate surface area is 95.5 Å². The standard InChI is InChI=1S/C10H19BrO2S/c1-2-14(12,13)8-4-3-5-10(11)9-6-7-9/h9-10H,2-8H2,1H3. The van der Waals surface area contributed by atoms with Gasteiger partial charge in [-0.2, -0.15) is 0 Å². The highest BCUT2D eigenvalue weighted by Crippen LogP contribution is 2.38. The van der Waals surface area contributed by atoms with Crippen LogP contribution in [0.5, 0.6) is 0 Å². The second-order valence-electron chi connectivity index (χ2n) is 4.09. The van der Waals surface area contributed by atoms with Gasteiger partial charge >= 0.3 is 0 Å². The summed E-state index contributed by atoms with van der Waals surface area (Å²) in [5.41, 5.74) is 0. The van der Waals surface area contributed by atoms with Gasteiger partial charge in [0.1, 0.15) is 9.84 Å². The molecule has 1 aliphatic rings. The van der Waals surface area contributed by atoms with Crippen LogP contribution in [0, 0.1) is 5.92 Å². The summed E-state index contributed by atoms with van der Waals surface area (Å²) >= 11 is 3.65. The first kappa shape index (κ1) is 12.5. The minimum Gasteiger partial charge on any atom is -0.229 e. The Balaban J connectivity index is 2.04. The zero-order valence-corrected chi connectivity index (χ0v) is 11.1. The molecule has 1 saturated carbocycles. The molecule has 0 heterocycles.